The Bertz CT molecular complexity index is 492. The van der Waals surface area contributed by atoms with Crippen LogP contribution >= 0.6 is 0 Å². The van der Waals surface area contributed by atoms with Gasteiger partial charge in [-0.25, -0.2) is 0 Å². The molecule has 2 fully saturated rings. The van der Waals surface area contributed by atoms with Crippen LogP contribution in [0.15, 0.2) is 24.3 Å². The van der Waals surface area contributed by atoms with Gasteiger partial charge in [-0.15, -0.1) is 0 Å². The van der Waals surface area contributed by atoms with Crippen LogP contribution < -0.4 is 15.8 Å². The molecule has 20 heavy (non-hydrogen) atoms. The molecule has 3 rings (SSSR count). The summed E-state index contributed by atoms with van der Waals surface area (Å²) >= 11 is 0. The maximum Gasteiger partial charge on any atom is 0.258 e. The standard InChI is InChI=1S/C15H20N2O3/c16-8-10-3-1-2-4-13(10)19-9-15(18)17-12-7-11-5-6-14(12)20-11/h1-4,11-12,14H,5-9,16H2,(H,17,18). The molecule has 2 saturated heterocycles. The van der Waals surface area contributed by atoms with Crippen molar-refractivity contribution >= 4 is 5.91 Å². The molecule has 2 bridgehead atoms. The molecule has 1 aromatic carbocycles. The van der Waals surface area contributed by atoms with Crippen molar-refractivity contribution < 1.29 is 14.3 Å². The predicted octanol–water partition coefficient (Wildman–Crippen LogP) is 0.960. The number of carbonyl (C=O) groups excluding carboxylic acids is 1. The van der Waals surface area contributed by atoms with Gasteiger partial charge < -0.3 is 20.5 Å². The van der Waals surface area contributed by atoms with Gasteiger partial charge in [-0.1, -0.05) is 18.2 Å². The van der Waals surface area contributed by atoms with Crippen molar-refractivity contribution in [1.82, 2.24) is 5.32 Å². The average molecular weight is 276 g/mol. The van der Waals surface area contributed by atoms with Gasteiger partial charge in [-0.05, 0) is 25.3 Å². The molecule has 2 aliphatic heterocycles. The van der Waals surface area contributed by atoms with Crippen LogP contribution in [0, 0.1) is 0 Å². The SMILES string of the molecule is NCc1ccccc1OCC(=O)NC1CC2CCC1O2. The summed E-state index contributed by atoms with van der Waals surface area (Å²) in [6.45, 7) is 0.420. The van der Waals surface area contributed by atoms with Crippen LogP contribution in [0.4, 0.5) is 0 Å². The number of nitrogens with two attached hydrogens (primary N) is 1. The molecule has 3 unspecified atom stereocenters. The highest BCUT2D eigenvalue weighted by atomic mass is 16.5. The van der Waals surface area contributed by atoms with Gasteiger partial charge in [0, 0.05) is 12.1 Å². The van der Waals surface area contributed by atoms with E-state index in [9.17, 15) is 4.79 Å². The van der Waals surface area contributed by atoms with Crippen molar-refractivity contribution in [3.8, 4) is 5.75 Å². The molecular formula is C15H20N2O3. The number of amides is 1. The lowest BCUT2D eigenvalue weighted by molar-refractivity contribution is -0.124. The van der Waals surface area contributed by atoms with E-state index < -0.39 is 0 Å². The molecule has 5 nitrogen and oxygen atoms in total. The van der Waals surface area contributed by atoms with Crippen LogP contribution in [-0.4, -0.2) is 30.8 Å². The number of carbonyl (C=O) groups is 1. The Balaban J connectivity index is 1.50. The maximum absolute atomic E-state index is 11.9. The molecule has 2 heterocycles. The van der Waals surface area contributed by atoms with Gasteiger partial charge in [0.05, 0.1) is 18.2 Å². The van der Waals surface area contributed by atoms with E-state index >= 15 is 0 Å². The highest BCUT2D eigenvalue weighted by Crippen LogP contribution is 2.34. The zero-order valence-electron chi connectivity index (χ0n) is 11.4. The Morgan fingerprint density at radius 3 is 2.95 bits per heavy atom. The third-order valence-corrected chi connectivity index (χ3v) is 4.00. The van der Waals surface area contributed by atoms with Crippen LogP contribution in [0.1, 0.15) is 24.8 Å². The fourth-order valence-electron chi connectivity index (χ4n) is 2.99. The monoisotopic (exact) mass is 276 g/mol. The largest absolute Gasteiger partial charge is 0.483 e. The van der Waals surface area contributed by atoms with Crippen molar-refractivity contribution in [3.63, 3.8) is 0 Å². The zero-order chi connectivity index (χ0) is 13.9. The number of rotatable bonds is 5. The van der Waals surface area contributed by atoms with Crippen LogP contribution in [0.3, 0.4) is 0 Å². The van der Waals surface area contributed by atoms with E-state index in [0.717, 1.165) is 24.8 Å². The number of hydrogen-bond donors (Lipinski definition) is 2. The van der Waals surface area contributed by atoms with Gasteiger partial charge in [0.2, 0.25) is 0 Å². The second-order valence-corrected chi connectivity index (χ2v) is 5.38. The molecule has 2 aliphatic rings. The van der Waals surface area contributed by atoms with Gasteiger partial charge in [-0.3, -0.25) is 4.79 Å². The van der Waals surface area contributed by atoms with E-state index in [0.29, 0.717) is 18.4 Å². The topological polar surface area (TPSA) is 73.6 Å². The number of benzene rings is 1. The van der Waals surface area contributed by atoms with Gasteiger partial charge in [-0.2, -0.15) is 0 Å². The van der Waals surface area contributed by atoms with Crippen LogP contribution in [0.2, 0.25) is 0 Å². The first-order valence-corrected chi connectivity index (χ1v) is 7.12. The minimum atomic E-state index is -0.0991. The number of ether oxygens (including phenoxy) is 2. The number of nitrogens with one attached hydrogen (secondary N) is 1. The fourth-order valence-corrected chi connectivity index (χ4v) is 2.99. The number of fused-ring (bicyclic) bond motifs is 2. The van der Waals surface area contributed by atoms with E-state index in [-0.39, 0.29) is 24.7 Å². The molecule has 3 atom stereocenters. The smallest absolute Gasteiger partial charge is 0.258 e. The van der Waals surface area contributed by atoms with Gasteiger partial charge in [0.15, 0.2) is 6.61 Å². The van der Waals surface area contributed by atoms with Gasteiger partial charge >= 0.3 is 0 Å². The molecule has 0 aliphatic carbocycles. The molecule has 0 aromatic heterocycles. The van der Waals surface area contributed by atoms with Crippen molar-refractivity contribution in [2.75, 3.05) is 6.61 Å². The van der Waals surface area contributed by atoms with E-state index in [2.05, 4.69) is 5.32 Å². The highest BCUT2D eigenvalue weighted by Gasteiger charge is 2.41. The lowest BCUT2D eigenvalue weighted by atomic mass is 9.95. The second-order valence-electron chi connectivity index (χ2n) is 5.38. The van der Waals surface area contributed by atoms with E-state index in [4.69, 9.17) is 15.2 Å². The molecule has 0 radical (unpaired) electrons. The van der Waals surface area contributed by atoms with E-state index in [1.165, 1.54) is 0 Å². The van der Waals surface area contributed by atoms with Crippen LogP contribution in [0.5, 0.6) is 5.75 Å². The van der Waals surface area contributed by atoms with Crippen LogP contribution in [0.25, 0.3) is 0 Å². The average Bonchev–Trinajstić information content (AvgIpc) is 3.08. The summed E-state index contributed by atoms with van der Waals surface area (Å²) < 4.78 is 11.3. The third kappa shape index (κ3) is 2.78. The summed E-state index contributed by atoms with van der Waals surface area (Å²) in [4.78, 5) is 11.9. The Kier molecular flexibility index (Phi) is 3.89. The van der Waals surface area contributed by atoms with Gasteiger partial charge in [0.25, 0.3) is 5.91 Å². The first-order valence-electron chi connectivity index (χ1n) is 7.12. The second kappa shape index (κ2) is 5.81. The van der Waals surface area contributed by atoms with E-state index in [1.807, 2.05) is 24.3 Å². The molecule has 0 saturated carbocycles. The van der Waals surface area contributed by atoms with Crippen molar-refractivity contribution in [2.24, 2.45) is 5.73 Å². The normalized spacial score (nSPS) is 27.6. The van der Waals surface area contributed by atoms with E-state index in [1.54, 1.807) is 0 Å². The van der Waals surface area contributed by atoms with Crippen molar-refractivity contribution in [3.05, 3.63) is 29.8 Å². The minimum absolute atomic E-state index is 0.0187. The summed E-state index contributed by atoms with van der Waals surface area (Å²) in [5.41, 5.74) is 6.54. The quantitative estimate of drug-likeness (QED) is 0.840. The molecule has 1 amide bonds. The Morgan fingerprint density at radius 1 is 1.40 bits per heavy atom. The fraction of sp³-hybridized carbons (Fsp3) is 0.533. The van der Waals surface area contributed by atoms with Crippen molar-refractivity contribution in [2.45, 2.75) is 44.1 Å². The van der Waals surface area contributed by atoms with Crippen molar-refractivity contribution in [1.29, 1.82) is 0 Å². The molecule has 5 heteroatoms. The lowest BCUT2D eigenvalue weighted by Crippen LogP contribution is -2.43. The Morgan fingerprint density at radius 2 is 2.25 bits per heavy atom. The molecule has 3 N–H and O–H groups in total. The highest BCUT2D eigenvalue weighted by molar-refractivity contribution is 5.78. The zero-order valence-corrected chi connectivity index (χ0v) is 11.4. The molecular weight excluding hydrogens is 256 g/mol. The third-order valence-electron chi connectivity index (χ3n) is 4.00. The lowest BCUT2D eigenvalue weighted by Gasteiger charge is -2.20. The maximum atomic E-state index is 11.9. The Labute approximate surface area is 118 Å². The first kappa shape index (κ1) is 13.4. The summed E-state index contributed by atoms with van der Waals surface area (Å²) in [5.74, 6) is 0.576. The summed E-state index contributed by atoms with van der Waals surface area (Å²) in [5, 5.41) is 3.00. The first-order chi connectivity index (χ1) is 9.76. The minimum Gasteiger partial charge on any atom is -0.483 e. The number of para-hydroxylation sites is 1. The molecule has 1 aromatic rings. The van der Waals surface area contributed by atoms with Gasteiger partial charge in [0.1, 0.15) is 5.75 Å². The predicted molar refractivity (Wildman–Crippen MR) is 74.3 cm³/mol. The molecule has 108 valence electrons. The Hall–Kier alpha value is -1.59. The summed E-state index contributed by atoms with van der Waals surface area (Å²) in [7, 11) is 0. The summed E-state index contributed by atoms with van der Waals surface area (Å²) in [6.07, 6.45) is 3.63. The number of hydrogen-bond acceptors (Lipinski definition) is 4. The molecule has 0 spiro atoms. The summed E-state index contributed by atoms with van der Waals surface area (Å²) in [6, 6.07) is 7.65. The van der Waals surface area contributed by atoms with Crippen LogP contribution in [-0.2, 0) is 16.1 Å².